The number of ether oxygens (including phenoxy) is 1. The predicted molar refractivity (Wildman–Crippen MR) is 93.1 cm³/mol. The van der Waals surface area contributed by atoms with Gasteiger partial charge in [-0.05, 0) is 30.3 Å². The quantitative estimate of drug-likeness (QED) is 0.358. The Hall–Kier alpha value is -3.26. The first kappa shape index (κ1) is 19.1. The van der Waals surface area contributed by atoms with Crippen LogP contribution in [-0.4, -0.2) is 23.4 Å². The van der Waals surface area contributed by atoms with E-state index >= 15 is 0 Å². The van der Waals surface area contributed by atoms with E-state index in [9.17, 15) is 24.1 Å². The largest absolute Gasteiger partial charge is 0.452 e. The van der Waals surface area contributed by atoms with Crippen molar-refractivity contribution >= 4 is 40.9 Å². The average molecular weight is 379 g/mol. The third-order valence-corrected chi connectivity index (χ3v) is 3.40. The number of carbonyl (C=O) groups is 2. The summed E-state index contributed by atoms with van der Waals surface area (Å²) in [5.41, 5.74) is 0.224. The van der Waals surface area contributed by atoms with Crippen LogP contribution in [0.4, 0.5) is 15.8 Å². The number of nitrogens with one attached hydrogen (secondary N) is 1. The molecule has 0 radical (unpaired) electrons. The minimum absolute atomic E-state index is 0.000888. The normalized spacial score (nSPS) is 10.5. The molecule has 0 unspecified atom stereocenters. The van der Waals surface area contributed by atoms with Crippen molar-refractivity contribution in [1.82, 2.24) is 0 Å². The molecule has 9 heteroatoms. The highest BCUT2D eigenvalue weighted by Crippen LogP contribution is 2.22. The lowest BCUT2D eigenvalue weighted by Crippen LogP contribution is -2.20. The van der Waals surface area contributed by atoms with Crippen molar-refractivity contribution in [3.63, 3.8) is 0 Å². The molecule has 0 saturated heterocycles. The fourth-order valence-corrected chi connectivity index (χ4v) is 2.13. The predicted octanol–water partition coefficient (Wildman–Crippen LogP) is 3.58. The van der Waals surface area contributed by atoms with E-state index in [1.165, 1.54) is 30.3 Å². The number of benzene rings is 2. The summed E-state index contributed by atoms with van der Waals surface area (Å²) in [5.74, 6) is -2.09. The summed E-state index contributed by atoms with van der Waals surface area (Å²) in [6.07, 6.45) is 2.19. The second-order valence-electron chi connectivity index (χ2n) is 4.93. The number of halogens is 2. The number of rotatable bonds is 6. The van der Waals surface area contributed by atoms with E-state index in [1.807, 2.05) is 0 Å². The van der Waals surface area contributed by atoms with Gasteiger partial charge in [0, 0.05) is 12.1 Å². The first-order valence-electron chi connectivity index (χ1n) is 7.20. The molecule has 0 aliphatic heterocycles. The molecule has 0 aliphatic carbocycles. The smallest absolute Gasteiger partial charge is 0.331 e. The number of hydrogen-bond donors (Lipinski definition) is 1. The molecule has 134 valence electrons. The Morgan fingerprint density at radius 3 is 2.69 bits per heavy atom. The highest BCUT2D eigenvalue weighted by Gasteiger charge is 2.11. The van der Waals surface area contributed by atoms with Crippen LogP contribution in [0.25, 0.3) is 6.08 Å². The Morgan fingerprint density at radius 1 is 1.27 bits per heavy atom. The van der Waals surface area contributed by atoms with Gasteiger partial charge in [0.25, 0.3) is 11.6 Å². The molecule has 7 nitrogen and oxygen atoms in total. The number of anilines is 1. The van der Waals surface area contributed by atoms with Gasteiger partial charge in [0.15, 0.2) is 6.61 Å². The second kappa shape index (κ2) is 8.72. The number of para-hydroxylation sites is 1. The third kappa shape index (κ3) is 5.38. The van der Waals surface area contributed by atoms with Crippen molar-refractivity contribution in [3.05, 3.63) is 75.1 Å². The van der Waals surface area contributed by atoms with Crippen molar-refractivity contribution in [1.29, 1.82) is 0 Å². The number of hydrogen-bond acceptors (Lipinski definition) is 5. The van der Waals surface area contributed by atoms with E-state index in [4.69, 9.17) is 16.3 Å². The maximum absolute atomic E-state index is 12.9. The Morgan fingerprint density at radius 2 is 2.00 bits per heavy atom. The Balaban J connectivity index is 1.90. The van der Waals surface area contributed by atoms with Crippen LogP contribution in [0.15, 0.2) is 48.5 Å². The van der Waals surface area contributed by atoms with Crippen LogP contribution in [-0.2, 0) is 14.3 Å². The number of carbonyl (C=O) groups excluding carboxylic acids is 2. The van der Waals surface area contributed by atoms with Gasteiger partial charge >= 0.3 is 5.97 Å². The number of nitrogens with zero attached hydrogens (tertiary/aromatic N) is 1. The molecular formula is C17H12ClFN2O5. The topological polar surface area (TPSA) is 98.5 Å². The van der Waals surface area contributed by atoms with Crippen LogP contribution in [0.3, 0.4) is 0 Å². The maximum atomic E-state index is 12.9. The van der Waals surface area contributed by atoms with Crippen LogP contribution in [0.5, 0.6) is 0 Å². The number of amides is 1. The van der Waals surface area contributed by atoms with E-state index in [-0.39, 0.29) is 22.0 Å². The van der Waals surface area contributed by atoms with Gasteiger partial charge in [0.05, 0.1) is 21.2 Å². The monoisotopic (exact) mass is 378 g/mol. The lowest BCUT2D eigenvalue weighted by Gasteiger charge is -2.07. The molecule has 1 N–H and O–H groups in total. The Labute approximate surface area is 152 Å². The van der Waals surface area contributed by atoms with Crippen molar-refractivity contribution < 1.29 is 23.6 Å². The summed E-state index contributed by atoms with van der Waals surface area (Å²) in [6.45, 7) is -0.603. The zero-order valence-electron chi connectivity index (χ0n) is 13.1. The van der Waals surface area contributed by atoms with Crippen LogP contribution < -0.4 is 5.32 Å². The first-order valence-corrected chi connectivity index (χ1v) is 7.58. The van der Waals surface area contributed by atoms with Crippen LogP contribution in [0.1, 0.15) is 5.56 Å². The second-order valence-corrected chi connectivity index (χ2v) is 5.34. The van der Waals surface area contributed by atoms with Gasteiger partial charge in [0.1, 0.15) is 5.82 Å². The van der Waals surface area contributed by atoms with Gasteiger partial charge in [-0.1, -0.05) is 23.7 Å². The maximum Gasteiger partial charge on any atom is 0.331 e. The molecule has 2 aromatic carbocycles. The van der Waals surface area contributed by atoms with E-state index in [1.54, 1.807) is 6.07 Å². The summed E-state index contributed by atoms with van der Waals surface area (Å²) in [6, 6.07) is 9.25. The number of nitro groups is 1. The Bertz CT molecular complexity index is 885. The summed E-state index contributed by atoms with van der Waals surface area (Å²) in [4.78, 5) is 33.6. The van der Waals surface area contributed by atoms with Gasteiger partial charge in [0.2, 0.25) is 0 Å². The summed E-state index contributed by atoms with van der Waals surface area (Å²) in [7, 11) is 0. The van der Waals surface area contributed by atoms with Crippen molar-refractivity contribution in [2.75, 3.05) is 11.9 Å². The molecular weight excluding hydrogens is 367 g/mol. The zero-order chi connectivity index (χ0) is 19.1. The minimum atomic E-state index is -0.858. The van der Waals surface area contributed by atoms with E-state index in [0.29, 0.717) is 0 Å². The average Bonchev–Trinajstić information content (AvgIpc) is 2.60. The molecule has 0 bridgehead atoms. The molecule has 0 spiro atoms. The molecule has 0 aliphatic rings. The molecule has 0 aromatic heterocycles. The summed E-state index contributed by atoms with van der Waals surface area (Å²) in [5, 5.41) is 13.2. The van der Waals surface area contributed by atoms with E-state index in [0.717, 1.165) is 18.2 Å². The highest BCUT2D eigenvalue weighted by atomic mass is 35.5. The molecule has 0 saturated carbocycles. The molecule has 2 rings (SSSR count). The SMILES string of the molecule is O=C(COC(=O)/C=C/c1ccccc1[N+](=O)[O-])Nc1ccc(F)cc1Cl. The van der Waals surface area contributed by atoms with Gasteiger partial charge < -0.3 is 10.1 Å². The van der Waals surface area contributed by atoms with Gasteiger partial charge in [-0.2, -0.15) is 0 Å². The molecule has 0 atom stereocenters. The number of nitro benzene ring substituents is 1. The standard InChI is InChI=1S/C17H12ClFN2O5/c18-13-9-12(19)6-7-14(13)20-16(22)10-26-17(23)8-5-11-3-1-2-4-15(11)21(24)25/h1-9H,10H2,(H,20,22)/b8-5+. The van der Waals surface area contributed by atoms with Gasteiger partial charge in [-0.15, -0.1) is 0 Å². The van der Waals surface area contributed by atoms with E-state index < -0.39 is 29.2 Å². The lowest BCUT2D eigenvalue weighted by molar-refractivity contribution is -0.385. The first-order chi connectivity index (χ1) is 12.4. The van der Waals surface area contributed by atoms with Crippen molar-refractivity contribution in [2.24, 2.45) is 0 Å². The lowest BCUT2D eigenvalue weighted by atomic mass is 10.1. The van der Waals surface area contributed by atoms with Crippen LogP contribution >= 0.6 is 11.6 Å². The van der Waals surface area contributed by atoms with Crippen LogP contribution in [0, 0.1) is 15.9 Å². The van der Waals surface area contributed by atoms with Gasteiger partial charge in [-0.25, -0.2) is 9.18 Å². The molecule has 1 amide bonds. The minimum Gasteiger partial charge on any atom is -0.452 e. The fraction of sp³-hybridized carbons (Fsp3) is 0.0588. The van der Waals surface area contributed by atoms with Crippen molar-refractivity contribution in [3.8, 4) is 0 Å². The van der Waals surface area contributed by atoms with Crippen LogP contribution in [0.2, 0.25) is 5.02 Å². The highest BCUT2D eigenvalue weighted by molar-refractivity contribution is 6.33. The van der Waals surface area contributed by atoms with Crippen molar-refractivity contribution in [2.45, 2.75) is 0 Å². The summed E-state index contributed by atoms with van der Waals surface area (Å²) >= 11 is 5.77. The number of esters is 1. The third-order valence-electron chi connectivity index (χ3n) is 3.08. The molecule has 2 aromatic rings. The molecule has 0 fully saturated rings. The molecule has 0 heterocycles. The Kier molecular flexibility index (Phi) is 6.40. The fourth-order valence-electron chi connectivity index (χ4n) is 1.91. The van der Waals surface area contributed by atoms with Gasteiger partial charge in [-0.3, -0.25) is 14.9 Å². The zero-order valence-corrected chi connectivity index (χ0v) is 13.9. The molecule has 26 heavy (non-hydrogen) atoms. The van der Waals surface area contributed by atoms with E-state index in [2.05, 4.69) is 5.32 Å². The summed E-state index contributed by atoms with van der Waals surface area (Å²) < 4.78 is 17.7.